The highest BCUT2D eigenvalue weighted by Crippen LogP contribution is 2.18. The first-order valence-electron chi connectivity index (χ1n) is 20.5. The van der Waals surface area contributed by atoms with E-state index in [9.17, 15) is 0 Å². The molecule has 0 spiro atoms. The zero-order valence-corrected chi connectivity index (χ0v) is 35.7. The van der Waals surface area contributed by atoms with Gasteiger partial charge in [-0.3, -0.25) is 0 Å². The number of aliphatic hydroxyl groups excluding tert-OH is 1. The molecule has 0 bridgehead atoms. The Bertz CT molecular complexity index is 1260. The summed E-state index contributed by atoms with van der Waals surface area (Å²) in [6.45, 7) is 24.9. The maximum Gasteiger partial charge on any atom is 0.0614 e. The van der Waals surface area contributed by atoms with Gasteiger partial charge in [-0.1, -0.05) is 116 Å². The second-order valence-corrected chi connectivity index (χ2v) is 15.8. The quantitative estimate of drug-likeness (QED) is 0.0807. The molecule has 288 valence electrons. The summed E-state index contributed by atoms with van der Waals surface area (Å²) in [6.07, 6.45) is 44.5. The third kappa shape index (κ3) is 33.0. The van der Waals surface area contributed by atoms with Gasteiger partial charge in [0.05, 0.1) is 6.61 Å². The van der Waals surface area contributed by atoms with E-state index in [1.54, 1.807) is 0 Å². The van der Waals surface area contributed by atoms with Crippen LogP contribution in [0.1, 0.15) is 192 Å². The zero-order valence-electron chi connectivity index (χ0n) is 35.7. The first-order valence-corrected chi connectivity index (χ1v) is 20.5. The van der Waals surface area contributed by atoms with Crippen LogP contribution in [-0.2, 0) is 0 Å². The van der Waals surface area contributed by atoms with Crippen LogP contribution in [0.3, 0.4) is 0 Å². The van der Waals surface area contributed by atoms with Crippen molar-refractivity contribution in [2.75, 3.05) is 6.61 Å². The molecule has 0 atom stereocenters. The third-order valence-electron chi connectivity index (χ3n) is 9.78. The lowest BCUT2D eigenvalue weighted by Gasteiger charge is -2.04. The molecule has 0 radical (unpaired) electrons. The molecule has 0 saturated carbocycles. The average Bonchev–Trinajstić information content (AvgIpc) is 3.04. The van der Waals surface area contributed by atoms with E-state index in [-0.39, 0.29) is 6.61 Å². The zero-order chi connectivity index (χ0) is 38.3. The summed E-state index contributed by atoms with van der Waals surface area (Å²) in [6, 6.07) is 0. The van der Waals surface area contributed by atoms with Crippen molar-refractivity contribution in [2.24, 2.45) is 0 Å². The fourth-order valence-electron chi connectivity index (χ4n) is 6.03. The van der Waals surface area contributed by atoms with Crippen LogP contribution < -0.4 is 0 Å². The van der Waals surface area contributed by atoms with Crippen LogP contribution >= 0.6 is 0 Å². The minimum absolute atomic E-state index is 0.150. The molecule has 51 heavy (non-hydrogen) atoms. The van der Waals surface area contributed by atoms with Crippen LogP contribution in [0.4, 0.5) is 0 Å². The highest BCUT2D eigenvalue weighted by Gasteiger charge is 1.98. The Labute approximate surface area is 319 Å². The van der Waals surface area contributed by atoms with Crippen molar-refractivity contribution in [1.82, 2.24) is 0 Å². The number of hydrogen-bond donors (Lipinski definition) is 1. The van der Waals surface area contributed by atoms with Gasteiger partial charge in [-0.15, -0.1) is 0 Å². The molecular weight excluding hydrogens is 617 g/mol. The monoisotopic (exact) mass is 699 g/mol. The predicted molar refractivity (Wildman–Crippen MR) is 233 cm³/mol. The lowest BCUT2D eigenvalue weighted by Crippen LogP contribution is -1.84. The van der Waals surface area contributed by atoms with Crippen molar-refractivity contribution >= 4 is 0 Å². The molecule has 1 N–H and O–H groups in total. The topological polar surface area (TPSA) is 20.2 Å². The Kier molecular flexibility index (Phi) is 30.4. The maximum absolute atomic E-state index is 8.98. The minimum Gasteiger partial charge on any atom is -0.392 e. The summed E-state index contributed by atoms with van der Waals surface area (Å²) < 4.78 is 0. The van der Waals surface area contributed by atoms with E-state index in [0.29, 0.717) is 0 Å². The van der Waals surface area contributed by atoms with E-state index < -0.39 is 0 Å². The van der Waals surface area contributed by atoms with Gasteiger partial charge < -0.3 is 5.11 Å². The van der Waals surface area contributed by atoms with Crippen molar-refractivity contribution in [3.05, 3.63) is 116 Å². The second kappa shape index (κ2) is 32.0. The molecule has 1 nitrogen and oxygen atoms in total. The van der Waals surface area contributed by atoms with Gasteiger partial charge in [0.2, 0.25) is 0 Å². The van der Waals surface area contributed by atoms with Gasteiger partial charge in [-0.05, 0) is 192 Å². The van der Waals surface area contributed by atoms with E-state index in [1.165, 1.54) is 107 Å². The summed E-state index contributed by atoms with van der Waals surface area (Å²) in [7, 11) is 0. The van der Waals surface area contributed by atoms with E-state index in [0.717, 1.165) is 64.2 Å². The predicted octanol–water partition coefficient (Wildman–Crippen LogP) is 16.5. The van der Waals surface area contributed by atoms with Crippen LogP contribution in [0.25, 0.3) is 0 Å². The summed E-state index contributed by atoms with van der Waals surface area (Å²) >= 11 is 0. The lowest BCUT2D eigenvalue weighted by molar-refractivity contribution is 0.341. The molecule has 0 heterocycles. The molecule has 1 heteroatoms. The fourth-order valence-corrected chi connectivity index (χ4v) is 6.03. The van der Waals surface area contributed by atoms with Gasteiger partial charge in [0.25, 0.3) is 0 Å². The molecule has 0 unspecified atom stereocenters. The highest BCUT2D eigenvalue weighted by molar-refractivity contribution is 5.11. The molecule has 0 fully saturated rings. The normalized spacial score (nSPS) is 14.9. The Morgan fingerprint density at radius 3 is 0.569 bits per heavy atom. The molecule has 0 aromatic heterocycles. The minimum atomic E-state index is 0.150. The summed E-state index contributed by atoms with van der Waals surface area (Å²) in [4.78, 5) is 0. The highest BCUT2D eigenvalue weighted by atomic mass is 16.2. The fraction of sp³-hybridized carbons (Fsp3) is 0.600. The van der Waals surface area contributed by atoms with Gasteiger partial charge >= 0.3 is 0 Å². The lowest BCUT2D eigenvalue weighted by atomic mass is 10.0. The van der Waals surface area contributed by atoms with Crippen LogP contribution in [0.5, 0.6) is 0 Å². The molecular formula is C50H82O. The van der Waals surface area contributed by atoms with E-state index in [1.807, 2.05) is 6.08 Å². The van der Waals surface area contributed by atoms with Crippen molar-refractivity contribution < 1.29 is 5.11 Å². The van der Waals surface area contributed by atoms with Gasteiger partial charge in [-0.25, -0.2) is 0 Å². The van der Waals surface area contributed by atoms with E-state index in [2.05, 4.69) is 131 Å². The third-order valence-corrected chi connectivity index (χ3v) is 9.78. The average molecular weight is 699 g/mol. The summed E-state index contributed by atoms with van der Waals surface area (Å²) in [5, 5.41) is 8.98. The van der Waals surface area contributed by atoms with Crippen molar-refractivity contribution in [3.8, 4) is 0 Å². The molecule has 0 rings (SSSR count). The van der Waals surface area contributed by atoms with Crippen molar-refractivity contribution in [3.63, 3.8) is 0 Å². The molecule has 0 aliphatic carbocycles. The number of rotatable bonds is 28. The van der Waals surface area contributed by atoms with Crippen molar-refractivity contribution in [2.45, 2.75) is 192 Å². The Morgan fingerprint density at radius 2 is 0.412 bits per heavy atom. The molecule has 0 aliphatic heterocycles. The second-order valence-electron chi connectivity index (χ2n) is 15.8. The molecule has 0 saturated heterocycles. The Hall–Kier alpha value is -2.64. The standard InChI is InChI=1S/C50H82O/c1-41(2)21-12-22-42(3)23-13-24-43(4)25-14-26-44(5)27-15-28-45(6)29-16-30-46(7)31-17-32-47(8)33-18-34-48(9)35-19-36-49(10)37-20-38-50(11)39-40-51/h21,23,25,27,29,31,33,35,37,39,51H,12-20,22,24,26,28,30,32,34,36,38,40H2,1-11H3/b42-23-,43-25-,44-27-,45-29+,46-31+,47-33+,48-35+,49-37+,50-39+. The first kappa shape index (κ1) is 48.4. The molecule has 0 aliphatic rings. The van der Waals surface area contributed by atoms with Gasteiger partial charge in [0, 0.05) is 0 Å². The van der Waals surface area contributed by atoms with Crippen LogP contribution in [0.2, 0.25) is 0 Å². The number of allylic oxidation sites excluding steroid dienone is 19. The summed E-state index contributed by atoms with van der Waals surface area (Å²) in [5.74, 6) is 0. The van der Waals surface area contributed by atoms with Crippen molar-refractivity contribution in [1.29, 1.82) is 0 Å². The van der Waals surface area contributed by atoms with Crippen LogP contribution in [0.15, 0.2) is 116 Å². The smallest absolute Gasteiger partial charge is 0.0614 e. The van der Waals surface area contributed by atoms with Crippen LogP contribution in [-0.4, -0.2) is 11.7 Å². The largest absolute Gasteiger partial charge is 0.392 e. The number of hydrogen-bond acceptors (Lipinski definition) is 1. The van der Waals surface area contributed by atoms with E-state index >= 15 is 0 Å². The molecule has 0 aromatic carbocycles. The van der Waals surface area contributed by atoms with Gasteiger partial charge in [0.15, 0.2) is 0 Å². The maximum atomic E-state index is 8.98. The van der Waals surface area contributed by atoms with E-state index in [4.69, 9.17) is 5.11 Å². The number of aliphatic hydroxyl groups is 1. The van der Waals surface area contributed by atoms with Crippen LogP contribution in [0, 0.1) is 0 Å². The Morgan fingerprint density at radius 1 is 0.255 bits per heavy atom. The van der Waals surface area contributed by atoms with Gasteiger partial charge in [0.1, 0.15) is 0 Å². The Balaban J connectivity index is 4.24. The SMILES string of the molecule is CC(C)=CCC/C(C)=C\CC/C(C)=C\CC/C(C)=C\CC/C(C)=C/CC/C(C)=C/CC/C(C)=C/CC/C(C)=C/CC/C(C)=C/CC/C(C)=C/CO. The summed E-state index contributed by atoms with van der Waals surface area (Å²) in [5.41, 5.74) is 14.8. The molecule has 0 amide bonds. The molecule has 0 aromatic rings. The first-order chi connectivity index (χ1) is 24.3. The van der Waals surface area contributed by atoms with Gasteiger partial charge in [-0.2, -0.15) is 0 Å².